The van der Waals surface area contributed by atoms with E-state index < -0.39 is 0 Å². The van der Waals surface area contributed by atoms with E-state index in [1.165, 1.54) is 0 Å². The molecule has 92 valence electrons. The largest absolute Gasteiger partial charge is 0.395 e. The number of nitrogens with zero attached hydrogens (tertiary/aromatic N) is 2. The molecule has 5 heteroatoms. The molecule has 0 aliphatic carbocycles. The van der Waals surface area contributed by atoms with Crippen molar-refractivity contribution in [3.8, 4) is 0 Å². The topological polar surface area (TPSA) is 50.1 Å². The third-order valence-electron chi connectivity index (χ3n) is 2.82. The quantitative estimate of drug-likeness (QED) is 0.643. The van der Waals surface area contributed by atoms with E-state index in [1.54, 1.807) is 0 Å². The fourth-order valence-electron chi connectivity index (χ4n) is 1.92. The Morgan fingerprint density at radius 1 is 1.47 bits per heavy atom. The van der Waals surface area contributed by atoms with Gasteiger partial charge in [0.15, 0.2) is 0 Å². The first-order chi connectivity index (χ1) is 8.13. The number of pyridine rings is 1. The van der Waals surface area contributed by atoms with E-state index in [9.17, 15) is 0 Å². The van der Waals surface area contributed by atoms with Crippen molar-refractivity contribution in [2.75, 3.05) is 13.2 Å². The average Bonchev–Trinajstić information content (AvgIpc) is 2.58. The summed E-state index contributed by atoms with van der Waals surface area (Å²) in [6.07, 6.45) is 0. The lowest BCUT2D eigenvalue weighted by atomic mass is 10.3. The molecule has 2 heterocycles. The number of hydrogen-bond donors (Lipinski definition) is 2. The Kier molecular flexibility index (Phi) is 3.66. The van der Waals surface area contributed by atoms with E-state index in [-0.39, 0.29) is 6.61 Å². The summed E-state index contributed by atoms with van der Waals surface area (Å²) in [4.78, 5) is 4.24. The maximum absolute atomic E-state index is 8.73. The van der Waals surface area contributed by atoms with Crippen LogP contribution in [0, 0.1) is 6.92 Å². The Balaban J connectivity index is 2.39. The second-order valence-electron chi connectivity index (χ2n) is 4.08. The second-order valence-corrected chi connectivity index (χ2v) is 4.44. The number of aliphatic hydroxyl groups is 1. The molecule has 0 aliphatic rings. The molecule has 2 aromatic rings. The highest BCUT2D eigenvalue weighted by Crippen LogP contribution is 2.25. The Bertz CT molecular complexity index is 536. The van der Waals surface area contributed by atoms with Crippen molar-refractivity contribution < 1.29 is 5.11 Å². The van der Waals surface area contributed by atoms with E-state index in [0.29, 0.717) is 18.2 Å². The summed E-state index contributed by atoms with van der Waals surface area (Å²) in [5, 5.41) is 13.4. The predicted octanol–water partition coefficient (Wildman–Crippen LogP) is 1.62. The van der Waals surface area contributed by atoms with Crippen LogP contribution in [0.25, 0.3) is 10.9 Å². The lowest BCUT2D eigenvalue weighted by Gasteiger charge is -2.05. The highest BCUT2D eigenvalue weighted by atomic mass is 35.5. The van der Waals surface area contributed by atoms with Crippen molar-refractivity contribution >= 4 is 22.5 Å². The van der Waals surface area contributed by atoms with Crippen LogP contribution in [0.15, 0.2) is 12.1 Å². The van der Waals surface area contributed by atoms with Gasteiger partial charge in [-0.3, -0.25) is 0 Å². The van der Waals surface area contributed by atoms with Crippen molar-refractivity contribution in [1.29, 1.82) is 0 Å². The standard InChI is InChI=1S/C12H16ClN3O/c1-8-5-11-10(12(13)15-8)6-9(16(11)2)7-14-3-4-17/h5-6,14,17H,3-4,7H2,1-2H3. The van der Waals surface area contributed by atoms with Gasteiger partial charge < -0.3 is 15.0 Å². The Hall–Kier alpha value is -1.10. The molecule has 0 aromatic carbocycles. The van der Waals surface area contributed by atoms with Crippen LogP contribution in [0.3, 0.4) is 0 Å². The van der Waals surface area contributed by atoms with Crippen LogP contribution >= 0.6 is 11.6 Å². The van der Waals surface area contributed by atoms with Crippen molar-refractivity contribution in [3.05, 3.63) is 28.7 Å². The number of aromatic nitrogens is 2. The van der Waals surface area contributed by atoms with Gasteiger partial charge in [0.25, 0.3) is 0 Å². The normalized spacial score (nSPS) is 11.3. The van der Waals surface area contributed by atoms with E-state index in [1.807, 2.05) is 26.1 Å². The van der Waals surface area contributed by atoms with Gasteiger partial charge in [-0.05, 0) is 19.1 Å². The molecule has 0 atom stereocenters. The zero-order chi connectivity index (χ0) is 12.4. The predicted molar refractivity (Wildman–Crippen MR) is 69.3 cm³/mol. The molecule has 2 aromatic heterocycles. The zero-order valence-corrected chi connectivity index (χ0v) is 10.8. The Labute approximate surface area is 105 Å². The van der Waals surface area contributed by atoms with Crippen LogP contribution in [0.1, 0.15) is 11.4 Å². The summed E-state index contributed by atoms with van der Waals surface area (Å²) in [6, 6.07) is 4.06. The van der Waals surface area contributed by atoms with Crippen molar-refractivity contribution in [2.24, 2.45) is 7.05 Å². The smallest absolute Gasteiger partial charge is 0.138 e. The first-order valence-electron chi connectivity index (χ1n) is 5.56. The van der Waals surface area contributed by atoms with E-state index in [2.05, 4.69) is 14.9 Å². The summed E-state index contributed by atoms with van der Waals surface area (Å²) in [7, 11) is 2.01. The summed E-state index contributed by atoms with van der Waals surface area (Å²) >= 11 is 6.12. The third-order valence-corrected chi connectivity index (χ3v) is 3.10. The fourth-order valence-corrected chi connectivity index (χ4v) is 2.21. The van der Waals surface area contributed by atoms with E-state index >= 15 is 0 Å². The van der Waals surface area contributed by atoms with Crippen molar-refractivity contribution in [1.82, 2.24) is 14.9 Å². The molecule has 2 N–H and O–H groups in total. The minimum absolute atomic E-state index is 0.144. The zero-order valence-electron chi connectivity index (χ0n) is 10.00. The van der Waals surface area contributed by atoms with Crippen molar-refractivity contribution in [3.63, 3.8) is 0 Å². The number of halogens is 1. The average molecular weight is 254 g/mol. The molecule has 2 rings (SSSR count). The van der Waals surface area contributed by atoms with E-state index in [4.69, 9.17) is 16.7 Å². The molecule has 0 spiro atoms. The number of aryl methyl sites for hydroxylation is 2. The number of nitrogens with one attached hydrogen (secondary N) is 1. The van der Waals surface area contributed by atoms with Crippen LogP contribution in [0.4, 0.5) is 0 Å². The Morgan fingerprint density at radius 2 is 2.24 bits per heavy atom. The van der Waals surface area contributed by atoms with Gasteiger partial charge in [-0.25, -0.2) is 4.98 Å². The van der Waals surface area contributed by atoms with Crippen LogP contribution in [0.5, 0.6) is 0 Å². The summed E-state index contributed by atoms with van der Waals surface area (Å²) in [5.74, 6) is 0. The lowest BCUT2D eigenvalue weighted by Crippen LogP contribution is -2.18. The van der Waals surface area contributed by atoms with Crippen molar-refractivity contribution in [2.45, 2.75) is 13.5 Å². The SMILES string of the molecule is Cc1cc2c(cc(CNCCO)n2C)c(Cl)n1. The van der Waals surface area contributed by atoms with E-state index in [0.717, 1.165) is 22.3 Å². The molecule has 0 saturated heterocycles. The molecular weight excluding hydrogens is 238 g/mol. The summed E-state index contributed by atoms with van der Waals surface area (Å²) < 4.78 is 2.10. The minimum atomic E-state index is 0.144. The number of aliphatic hydroxyl groups excluding tert-OH is 1. The van der Waals surface area contributed by atoms with Gasteiger partial charge in [0.2, 0.25) is 0 Å². The Morgan fingerprint density at radius 3 is 2.94 bits per heavy atom. The molecule has 0 amide bonds. The van der Waals surface area contributed by atoms with Gasteiger partial charge in [0.05, 0.1) is 12.1 Å². The monoisotopic (exact) mass is 253 g/mol. The van der Waals surface area contributed by atoms with Gasteiger partial charge in [0.1, 0.15) is 5.15 Å². The molecule has 4 nitrogen and oxygen atoms in total. The van der Waals surface area contributed by atoms with Gasteiger partial charge >= 0.3 is 0 Å². The number of fused-ring (bicyclic) bond motifs is 1. The van der Waals surface area contributed by atoms with Gasteiger partial charge in [0, 0.05) is 36.9 Å². The van der Waals surface area contributed by atoms with Gasteiger partial charge in [-0.1, -0.05) is 11.6 Å². The molecule has 0 fully saturated rings. The number of rotatable bonds is 4. The summed E-state index contributed by atoms with van der Waals surface area (Å²) in [6.45, 7) is 3.38. The molecule has 0 aliphatic heterocycles. The third kappa shape index (κ3) is 2.44. The lowest BCUT2D eigenvalue weighted by molar-refractivity contribution is 0.291. The first kappa shape index (κ1) is 12.4. The molecule has 17 heavy (non-hydrogen) atoms. The highest BCUT2D eigenvalue weighted by molar-refractivity contribution is 6.34. The highest BCUT2D eigenvalue weighted by Gasteiger charge is 2.09. The fraction of sp³-hybridized carbons (Fsp3) is 0.417. The molecule has 0 radical (unpaired) electrons. The van der Waals surface area contributed by atoms with Gasteiger partial charge in [-0.2, -0.15) is 0 Å². The molecule has 0 unspecified atom stereocenters. The second kappa shape index (κ2) is 5.04. The van der Waals surface area contributed by atoms with Gasteiger partial charge in [-0.15, -0.1) is 0 Å². The molecule has 0 bridgehead atoms. The maximum Gasteiger partial charge on any atom is 0.138 e. The maximum atomic E-state index is 8.73. The van der Waals surface area contributed by atoms with Crippen LogP contribution in [-0.2, 0) is 13.6 Å². The molecule has 0 saturated carbocycles. The number of hydrogen-bond acceptors (Lipinski definition) is 3. The minimum Gasteiger partial charge on any atom is -0.395 e. The summed E-state index contributed by atoms with van der Waals surface area (Å²) in [5.41, 5.74) is 3.13. The van der Waals surface area contributed by atoms with Crippen LogP contribution in [-0.4, -0.2) is 27.8 Å². The van der Waals surface area contributed by atoms with Crippen LogP contribution < -0.4 is 5.32 Å². The molecular formula is C12H16ClN3O. The first-order valence-corrected chi connectivity index (χ1v) is 5.94. The van der Waals surface area contributed by atoms with Crippen LogP contribution in [0.2, 0.25) is 5.15 Å².